The van der Waals surface area contributed by atoms with Crippen molar-refractivity contribution in [2.45, 2.75) is 12.8 Å². The predicted molar refractivity (Wildman–Crippen MR) is 64.4 cm³/mol. The first-order valence-corrected chi connectivity index (χ1v) is 5.58. The number of nitrogens with two attached hydrogens (primary N) is 1. The molecule has 0 bridgehead atoms. The molecule has 0 aliphatic carbocycles. The summed E-state index contributed by atoms with van der Waals surface area (Å²) in [6.45, 7) is -0.0387. The average molecular weight is 272 g/mol. The van der Waals surface area contributed by atoms with Crippen LogP contribution in [0.5, 0.6) is 0 Å². The van der Waals surface area contributed by atoms with Crippen LogP contribution in [0.4, 0.5) is 14.5 Å². The van der Waals surface area contributed by atoms with E-state index in [0.717, 1.165) is 6.07 Å². The first-order chi connectivity index (χ1) is 8.95. The summed E-state index contributed by atoms with van der Waals surface area (Å²) in [5.41, 5.74) is 4.47. The van der Waals surface area contributed by atoms with Gasteiger partial charge in [-0.2, -0.15) is 0 Å². The molecule has 19 heavy (non-hydrogen) atoms. The molecule has 0 radical (unpaired) electrons. The van der Waals surface area contributed by atoms with Crippen LogP contribution in [-0.4, -0.2) is 25.5 Å². The number of anilines is 1. The number of amides is 1. The SMILES string of the molecule is CNC(=O)CCCOC(=O)c1cc(N)c(F)cc1F. The Morgan fingerprint density at radius 2 is 2.00 bits per heavy atom. The largest absolute Gasteiger partial charge is 0.462 e. The highest BCUT2D eigenvalue weighted by Gasteiger charge is 2.16. The van der Waals surface area contributed by atoms with E-state index in [9.17, 15) is 18.4 Å². The minimum Gasteiger partial charge on any atom is -0.462 e. The molecule has 104 valence electrons. The van der Waals surface area contributed by atoms with Gasteiger partial charge in [0, 0.05) is 19.5 Å². The van der Waals surface area contributed by atoms with E-state index in [4.69, 9.17) is 10.5 Å². The molecular formula is C12H14F2N2O3. The smallest absolute Gasteiger partial charge is 0.341 e. The predicted octanol–water partition coefficient (Wildman–Crippen LogP) is 1.23. The number of hydrogen-bond acceptors (Lipinski definition) is 4. The second-order valence-corrected chi connectivity index (χ2v) is 3.77. The van der Waals surface area contributed by atoms with E-state index in [2.05, 4.69) is 5.32 Å². The van der Waals surface area contributed by atoms with Gasteiger partial charge in [0.1, 0.15) is 11.6 Å². The highest BCUT2D eigenvalue weighted by molar-refractivity contribution is 5.90. The number of ether oxygens (including phenoxy) is 1. The van der Waals surface area contributed by atoms with Crippen molar-refractivity contribution in [3.05, 3.63) is 29.3 Å². The van der Waals surface area contributed by atoms with Gasteiger partial charge in [0.25, 0.3) is 0 Å². The molecule has 5 nitrogen and oxygen atoms in total. The molecule has 3 N–H and O–H groups in total. The summed E-state index contributed by atoms with van der Waals surface area (Å²) in [5.74, 6) is -3.11. The van der Waals surface area contributed by atoms with Gasteiger partial charge in [0.2, 0.25) is 5.91 Å². The van der Waals surface area contributed by atoms with Crippen molar-refractivity contribution in [3.63, 3.8) is 0 Å². The number of hydrogen-bond donors (Lipinski definition) is 2. The third-order valence-corrected chi connectivity index (χ3v) is 2.37. The van der Waals surface area contributed by atoms with Crippen molar-refractivity contribution in [2.24, 2.45) is 0 Å². The van der Waals surface area contributed by atoms with E-state index in [1.54, 1.807) is 0 Å². The fraction of sp³-hybridized carbons (Fsp3) is 0.333. The molecule has 7 heteroatoms. The molecule has 0 aliphatic heterocycles. The highest BCUT2D eigenvalue weighted by Crippen LogP contribution is 2.17. The van der Waals surface area contributed by atoms with Crippen molar-refractivity contribution in [2.75, 3.05) is 19.4 Å². The Hall–Kier alpha value is -2.18. The Morgan fingerprint density at radius 1 is 1.32 bits per heavy atom. The first-order valence-electron chi connectivity index (χ1n) is 5.58. The van der Waals surface area contributed by atoms with Crippen LogP contribution in [-0.2, 0) is 9.53 Å². The lowest BCUT2D eigenvalue weighted by Crippen LogP contribution is -2.18. The lowest BCUT2D eigenvalue weighted by Gasteiger charge is -2.06. The maximum atomic E-state index is 13.3. The molecule has 0 heterocycles. The van der Waals surface area contributed by atoms with Crippen molar-refractivity contribution in [1.29, 1.82) is 0 Å². The normalized spacial score (nSPS) is 10.1. The quantitative estimate of drug-likeness (QED) is 0.480. The van der Waals surface area contributed by atoms with Gasteiger partial charge in [-0.25, -0.2) is 13.6 Å². The molecule has 0 saturated carbocycles. The average Bonchev–Trinajstić information content (AvgIpc) is 2.38. The number of halogens is 2. The molecule has 1 aromatic rings. The van der Waals surface area contributed by atoms with Gasteiger partial charge in [0.05, 0.1) is 17.9 Å². The van der Waals surface area contributed by atoms with E-state index in [1.807, 2.05) is 0 Å². The van der Waals surface area contributed by atoms with Gasteiger partial charge in [-0.1, -0.05) is 0 Å². The van der Waals surface area contributed by atoms with Crippen molar-refractivity contribution in [3.8, 4) is 0 Å². The summed E-state index contributed by atoms with van der Waals surface area (Å²) in [7, 11) is 1.49. The summed E-state index contributed by atoms with van der Waals surface area (Å²) in [5, 5.41) is 2.41. The lowest BCUT2D eigenvalue weighted by atomic mass is 10.2. The van der Waals surface area contributed by atoms with Crippen molar-refractivity contribution < 1.29 is 23.1 Å². The van der Waals surface area contributed by atoms with Crippen molar-refractivity contribution in [1.82, 2.24) is 5.32 Å². The van der Waals surface area contributed by atoms with E-state index in [1.165, 1.54) is 7.05 Å². The van der Waals surface area contributed by atoms with Gasteiger partial charge >= 0.3 is 5.97 Å². The monoisotopic (exact) mass is 272 g/mol. The maximum absolute atomic E-state index is 13.3. The van der Waals surface area contributed by atoms with Crippen LogP contribution < -0.4 is 11.1 Å². The Morgan fingerprint density at radius 3 is 2.63 bits per heavy atom. The van der Waals surface area contributed by atoms with Crippen LogP contribution in [0.25, 0.3) is 0 Å². The van der Waals surface area contributed by atoms with Crippen LogP contribution in [0.1, 0.15) is 23.2 Å². The molecule has 1 aromatic carbocycles. The number of nitrogen functional groups attached to an aromatic ring is 1. The molecule has 1 rings (SSSR count). The van der Waals surface area contributed by atoms with E-state index in [0.29, 0.717) is 12.5 Å². The zero-order chi connectivity index (χ0) is 14.4. The Balaban J connectivity index is 2.55. The number of benzene rings is 1. The van der Waals surface area contributed by atoms with Crippen LogP contribution in [0.3, 0.4) is 0 Å². The molecule has 0 spiro atoms. The van der Waals surface area contributed by atoms with Gasteiger partial charge in [-0.3, -0.25) is 4.79 Å². The molecule has 0 fully saturated rings. The summed E-state index contributed by atoms with van der Waals surface area (Å²) in [6, 6.07) is 1.40. The second kappa shape index (κ2) is 6.67. The maximum Gasteiger partial charge on any atom is 0.341 e. The van der Waals surface area contributed by atoms with E-state index < -0.39 is 23.2 Å². The van der Waals surface area contributed by atoms with E-state index >= 15 is 0 Å². The summed E-state index contributed by atoms with van der Waals surface area (Å²) in [6.07, 6.45) is 0.502. The van der Waals surface area contributed by atoms with Gasteiger partial charge < -0.3 is 15.8 Å². The topological polar surface area (TPSA) is 81.4 Å². The standard InChI is InChI=1S/C12H14F2N2O3/c1-16-11(17)3-2-4-19-12(18)7-5-10(15)9(14)6-8(7)13/h5-6H,2-4,15H2,1H3,(H,16,17). The van der Waals surface area contributed by atoms with Crippen LogP contribution in [0.2, 0.25) is 0 Å². The van der Waals surface area contributed by atoms with Gasteiger partial charge in [-0.05, 0) is 12.5 Å². The fourth-order valence-electron chi connectivity index (χ4n) is 1.32. The number of nitrogens with one attached hydrogen (secondary N) is 1. The zero-order valence-corrected chi connectivity index (χ0v) is 10.3. The van der Waals surface area contributed by atoms with Crippen molar-refractivity contribution >= 4 is 17.6 Å². The molecule has 0 atom stereocenters. The zero-order valence-electron chi connectivity index (χ0n) is 10.3. The number of carbonyl (C=O) groups is 2. The molecule has 1 amide bonds. The van der Waals surface area contributed by atoms with Gasteiger partial charge in [0.15, 0.2) is 0 Å². The fourth-order valence-corrected chi connectivity index (χ4v) is 1.32. The number of esters is 1. The molecule has 0 unspecified atom stereocenters. The molecule has 0 aromatic heterocycles. The molecule has 0 saturated heterocycles. The molecular weight excluding hydrogens is 258 g/mol. The van der Waals surface area contributed by atoms with Crippen LogP contribution >= 0.6 is 0 Å². The second-order valence-electron chi connectivity index (χ2n) is 3.77. The third kappa shape index (κ3) is 4.20. The number of carbonyl (C=O) groups excluding carboxylic acids is 2. The summed E-state index contributed by atoms with van der Waals surface area (Å²) >= 11 is 0. The van der Waals surface area contributed by atoms with Crippen LogP contribution in [0.15, 0.2) is 12.1 Å². The van der Waals surface area contributed by atoms with Gasteiger partial charge in [-0.15, -0.1) is 0 Å². The lowest BCUT2D eigenvalue weighted by molar-refractivity contribution is -0.120. The highest BCUT2D eigenvalue weighted by atomic mass is 19.1. The minimum absolute atomic E-state index is 0.0387. The minimum atomic E-state index is -1.04. The Bertz CT molecular complexity index is 492. The summed E-state index contributed by atoms with van der Waals surface area (Å²) < 4.78 is 31.0. The van der Waals surface area contributed by atoms with Crippen LogP contribution in [0, 0.1) is 11.6 Å². The van der Waals surface area contributed by atoms with E-state index in [-0.39, 0.29) is 24.6 Å². The first kappa shape index (κ1) is 14.9. The number of rotatable bonds is 5. The third-order valence-electron chi connectivity index (χ3n) is 2.37. The Kier molecular flexibility index (Phi) is 5.23. The summed E-state index contributed by atoms with van der Waals surface area (Å²) in [4.78, 5) is 22.4. The Labute approximate surface area is 108 Å². The molecule has 0 aliphatic rings.